The second-order valence-corrected chi connectivity index (χ2v) is 7.79. The van der Waals surface area contributed by atoms with Gasteiger partial charge in [-0.25, -0.2) is 8.42 Å². The molecule has 0 fully saturated rings. The van der Waals surface area contributed by atoms with Gasteiger partial charge < -0.3 is 4.90 Å². The highest BCUT2D eigenvalue weighted by Gasteiger charge is 2.23. The molecule has 0 aliphatic carbocycles. The normalized spacial score (nSPS) is 16.3. The van der Waals surface area contributed by atoms with Crippen molar-refractivity contribution in [3.8, 4) is 0 Å². The zero-order valence-electron chi connectivity index (χ0n) is 12.8. The van der Waals surface area contributed by atoms with Crippen LogP contribution in [0.25, 0.3) is 0 Å². The molecule has 5 heteroatoms. The Bertz CT molecular complexity index is 622. The van der Waals surface area contributed by atoms with Crippen molar-refractivity contribution < 1.29 is 13.2 Å². The van der Waals surface area contributed by atoms with Gasteiger partial charge >= 0.3 is 0 Å². The molecule has 1 heterocycles. The summed E-state index contributed by atoms with van der Waals surface area (Å²) in [6, 6.07) is 5.32. The molecule has 21 heavy (non-hydrogen) atoms. The van der Waals surface area contributed by atoms with Crippen molar-refractivity contribution in [2.75, 3.05) is 19.3 Å². The van der Waals surface area contributed by atoms with Crippen molar-refractivity contribution in [1.29, 1.82) is 0 Å². The van der Waals surface area contributed by atoms with Crippen LogP contribution in [0.3, 0.4) is 0 Å². The summed E-state index contributed by atoms with van der Waals surface area (Å²) in [5, 5.41) is 0. The molecule has 2 rings (SSSR count). The van der Waals surface area contributed by atoms with E-state index in [1.54, 1.807) is 17.0 Å². The molecule has 0 aromatic heterocycles. The Hall–Kier alpha value is -1.36. The number of carbonyl (C=O) groups excluding carboxylic acids is 1. The second kappa shape index (κ2) is 6.60. The van der Waals surface area contributed by atoms with Crippen LogP contribution in [0.5, 0.6) is 0 Å². The molecule has 1 aliphatic rings. The largest absolute Gasteiger partial charge is 0.345 e. The van der Waals surface area contributed by atoms with E-state index in [9.17, 15) is 13.2 Å². The topological polar surface area (TPSA) is 54.5 Å². The van der Waals surface area contributed by atoms with E-state index in [0.29, 0.717) is 17.7 Å². The van der Waals surface area contributed by atoms with Gasteiger partial charge in [0.2, 0.25) is 5.91 Å². The van der Waals surface area contributed by atoms with Crippen molar-refractivity contribution in [2.45, 2.75) is 43.9 Å². The summed E-state index contributed by atoms with van der Waals surface area (Å²) >= 11 is 0. The monoisotopic (exact) mass is 309 g/mol. The summed E-state index contributed by atoms with van der Waals surface area (Å²) in [4.78, 5) is 14.3. The van der Waals surface area contributed by atoms with Crippen LogP contribution in [0.4, 0.5) is 0 Å². The van der Waals surface area contributed by atoms with Crippen molar-refractivity contribution in [1.82, 2.24) is 4.90 Å². The Kier molecular flexibility index (Phi) is 5.04. The second-order valence-electron chi connectivity index (χ2n) is 5.71. The summed E-state index contributed by atoms with van der Waals surface area (Å²) in [6.07, 6.45) is 3.86. The Morgan fingerprint density at radius 1 is 1.33 bits per heavy atom. The highest BCUT2D eigenvalue weighted by Crippen LogP contribution is 2.26. The number of carbonyl (C=O) groups is 1. The molecule has 1 amide bonds. The van der Waals surface area contributed by atoms with E-state index in [4.69, 9.17) is 0 Å². The minimum atomic E-state index is -3.11. The van der Waals surface area contributed by atoms with Crippen molar-refractivity contribution >= 4 is 15.7 Å². The number of likely N-dealkylation sites (N-methyl/N-ethyl adjacent to an activating group) is 1. The fourth-order valence-corrected chi connectivity index (χ4v) is 4.21. The maximum atomic E-state index is 12.1. The molecule has 1 aliphatic heterocycles. The van der Waals surface area contributed by atoms with E-state index in [1.807, 2.05) is 13.1 Å². The molecule has 0 atom stereocenters. The van der Waals surface area contributed by atoms with Crippen molar-refractivity contribution in [2.24, 2.45) is 0 Å². The Morgan fingerprint density at radius 3 is 2.81 bits per heavy atom. The van der Waals surface area contributed by atoms with Crippen molar-refractivity contribution in [3.05, 3.63) is 29.3 Å². The molecular formula is C16H23NO3S. The Labute approximate surface area is 127 Å². The molecule has 0 N–H and O–H groups in total. The maximum absolute atomic E-state index is 12.1. The molecule has 4 nitrogen and oxygen atoms in total. The van der Waals surface area contributed by atoms with E-state index in [2.05, 4.69) is 6.92 Å². The van der Waals surface area contributed by atoms with E-state index in [1.165, 1.54) is 0 Å². The molecule has 1 aromatic rings. The quantitative estimate of drug-likeness (QED) is 0.838. The molecule has 0 radical (unpaired) electrons. The van der Waals surface area contributed by atoms with E-state index < -0.39 is 9.84 Å². The number of fused-ring (bicyclic) bond motifs is 1. The first-order chi connectivity index (χ1) is 9.94. The number of unbranched alkanes of at least 4 members (excludes halogenated alkanes) is 1. The summed E-state index contributed by atoms with van der Waals surface area (Å²) < 4.78 is 23.9. The number of hydrogen-bond donors (Lipinski definition) is 0. The number of benzene rings is 1. The lowest BCUT2D eigenvalue weighted by atomic mass is 10.0. The van der Waals surface area contributed by atoms with Crippen LogP contribution in [-0.4, -0.2) is 38.6 Å². The smallest absolute Gasteiger partial charge is 0.226 e. The van der Waals surface area contributed by atoms with E-state index >= 15 is 0 Å². The first-order valence-electron chi connectivity index (χ1n) is 7.52. The van der Waals surface area contributed by atoms with Gasteiger partial charge in [-0.3, -0.25) is 4.79 Å². The predicted molar refractivity (Wildman–Crippen MR) is 83.1 cm³/mol. The highest BCUT2D eigenvalue weighted by atomic mass is 32.2. The average molecular weight is 309 g/mol. The average Bonchev–Trinajstić information content (AvgIpc) is 2.44. The molecule has 0 saturated heterocycles. The van der Waals surface area contributed by atoms with E-state index in [-0.39, 0.29) is 11.7 Å². The third kappa shape index (κ3) is 3.84. The zero-order chi connectivity index (χ0) is 15.5. The van der Waals surface area contributed by atoms with Gasteiger partial charge in [0.25, 0.3) is 0 Å². The van der Waals surface area contributed by atoms with Gasteiger partial charge in [-0.05, 0) is 36.5 Å². The summed E-state index contributed by atoms with van der Waals surface area (Å²) in [5.74, 6) is 0.319. The van der Waals surface area contributed by atoms with Crippen LogP contribution in [0.15, 0.2) is 23.1 Å². The van der Waals surface area contributed by atoms with Crippen LogP contribution in [0.1, 0.15) is 37.3 Å². The number of rotatable bonds is 5. The molecule has 1 aromatic carbocycles. The first-order valence-corrected chi connectivity index (χ1v) is 9.18. The SMILES string of the molecule is CCCCN(C)C(=O)Cc1ccc2c(c1)CCCS2(=O)=O. The van der Waals surface area contributed by atoms with Crippen LogP contribution < -0.4 is 0 Å². The Morgan fingerprint density at radius 2 is 2.10 bits per heavy atom. The fourth-order valence-electron chi connectivity index (χ4n) is 2.63. The maximum Gasteiger partial charge on any atom is 0.226 e. The van der Waals surface area contributed by atoms with Gasteiger partial charge in [-0.15, -0.1) is 0 Å². The molecule has 0 spiro atoms. The minimum absolute atomic E-state index is 0.0852. The number of amides is 1. The molecule has 0 unspecified atom stereocenters. The number of hydrogen-bond acceptors (Lipinski definition) is 3. The summed E-state index contributed by atoms with van der Waals surface area (Å²) in [7, 11) is -1.29. The predicted octanol–water partition coefficient (Wildman–Crippen LogP) is 2.21. The molecule has 116 valence electrons. The van der Waals surface area contributed by atoms with Crippen LogP contribution in [0, 0.1) is 0 Å². The lowest BCUT2D eigenvalue weighted by Gasteiger charge is -2.19. The van der Waals surface area contributed by atoms with Gasteiger partial charge in [0.1, 0.15) is 0 Å². The van der Waals surface area contributed by atoms with Crippen LogP contribution in [-0.2, 0) is 27.5 Å². The Balaban J connectivity index is 2.11. The van der Waals surface area contributed by atoms with Gasteiger partial charge in [-0.1, -0.05) is 25.5 Å². The molecular weight excluding hydrogens is 286 g/mol. The summed E-state index contributed by atoms with van der Waals surface area (Å²) in [6.45, 7) is 2.87. The number of sulfone groups is 1. The molecule has 0 saturated carbocycles. The first kappa shape index (κ1) is 16.0. The molecule has 0 bridgehead atoms. The third-order valence-electron chi connectivity index (χ3n) is 3.95. The third-order valence-corrected chi connectivity index (χ3v) is 5.84. The van der Waals surface area contributed by atoms with Gasteiger partial charge in [-0.2, -0.15) is 0 Å². The van der Waals surface area contributed by atoms with Crippen molar-refractivity contribution in [3.63, 3.8) is 0 Å². The van der Waals surface area contributed by atoms with E-state index in [0.717, 1.165) is 36.9 Å². The minimum Gasteiger partial charge on any atom is -0.345 e. The van der Waals surface area contributed by atoms with Crippen LogP contribution in [0.2, 0.25) is 0 Å². The van der Waals surface area contributed by atoms with Gasteiger partial charge in [0.05, 0.1) is 17.1 Å². The van der Waals surface area contributed by atoms with Crippen LogP contribution >= 0.6 is 0 Å². The zero-order valence-corrected chi connectivity index (χ0v) is 13.6. The fraction of sp³-hybridized carbons (Fsp3) is 0.562. The van der Waals surface area contributed by atoms with Gasteiger partial charge in [0.15, 0.2) is 9.84 Å². The van der Waals surface area contributed by atoms with Gasteiger partial charge in [0, 0.05) is 13.6 Å². The summed E-state index contributed by atoms with van der Waals surface area (Å²) in [5.41, 5.74) is 1.77. The standard InChI is InChI=1S/C16H23NO3S/c1-3-4-9-17(2)16(18)12-13-7-8-15-14(11-13)6-5-10-21(15,19)20/h7-8,11H,3-6,9-10,12H2,1-2H3. The number of nitrogens with zero attached hydrogens (tertiary/aromatic N) is 1. The lowest BCUT2D eigenvalue weighted by Crippen LogP contribution is -2.29. The highest BCUT2D eigenvalue weighted by molar-refractivity contribution is 7.91. The lowest BCUT2D eigenvalue weighted by molar-refractivity contribution is -0.129. The number of aryl methyl sites for hydroxylation is 1.